The standard InChI is InChI=1S/C22H22N4O3S/c1-14(23-12-13-29-18-10-6-5-9-17(18)28-3)20-15(2)25-26(21(20)27)22-24-16-8-4-7-11-19(16)30-22/h4-11,25H,12-13H2,1-3H3. The number of para-hydroxylation sites is 3. The number of benzene rings is 2. The van der Waals surface area contributed by atoms with E-state index in [9.17, 15) is 4.79 Å². The van der Waals surface area contributed by atoms with Crippen LogP contribution in [0.5, 0.6) is 11.5 Å². The number of aryl methyl sites for hydroxylation is 1. The van der Waals surface area contributed by atoms with Crippen molar-refractivity contribution in [2.24, 2.45) is 4.99 Å². The van der Waals surface area contributed by atoms with E-state index in [4.69, 9.17) is 9.47 Å². The minimum absolute atomic E-state index is 0.154. The zero-order valence-corrected chi connectivity index (χ0v) is 17.8. The average Bonchev–Trinajstić information content (AvgIpc) is 3.31. The second-order valence-electron chi connectivity index (χ2n) is 6.68. The summed E-state index contributed by atoms with van der Waals surface area (Å²) in [7, 11) is 1.61. The smallest absolute Gasteiger partial charge is 0.282 e. The summed E-state index contributed by atoms with van der Waals surface area (Å²) < 4.78 is 13.5. The SMILES string of the molecule is COc1ccccc1OCCN=C(C)c1c(C)[nH]n(-c2nc3ccccc3s2)c1=O. The average molecular weight is 423 g/mol. The molecule has 7 nitrogen and oxygen atoms in total. The fraction of sp³-hybridized carbons (Fsp3) is 0.227. The van der Waals surface area contributed by atoms with Gasteiger partial charge in [0.15, 0.2) is 11.5 Å². The molecule has 30 heavy (non-hydrogen) atoms. The molecule has 0 spiro atoms. The Morgan fingerprint density at radius 1 is 1.17 bits per heavy atom. The van der Waals surface area contributed by atoms with Gasteiger partial charge in [-0.15, -0.1) is 0 Å². The van der Waals surface area contributed by atoms with Gasteiger partial charge in [-0.05, 0) is 38.1 Å². The van der Waals surface area contributed by atoms with Crippen molar-refractivity contribution < 1.29 is 9.47 Å². The van der Waals surface area contributed by atoms with Gasteiger partial charge >= 0.3 is 0 Å². The Balaban J connectivity index is 1.51. The van der Waals surface area contributed by atoms with Crippen LogP contribution in [0.15, 0.2) is 58.3 Å². The molecule has 2 aromatic carbocycles. The maximum atomic E-state index is 13.0. The van der Waals surface area contributed by atoms with Gasteiger partial charge in [0.2, 0.25) is 5.13 Å². The number of methoxy groups -OCH3 is 1. The molecule has 154 valence electrons. The van der Waals surface area contributed by atoms with E-state index in [0.717, 1.165) is 15.9 Å². The molecule has 2 aromatic heterocycles. The van der Waals surface area contributed by atoms with E-state index in [1.807, 2.05) is 62.4 Å². The maximum Gasteiger partial charge on any atom is 0.282 e. The molecule has 0 aliphatic heterocycles. The van der Waals surface area contributed by atoms with Gasteiger partial charge in [-0.1, -0.05) is 35.6 Å². The first-order valence-electron chi connectivity index (χ1n) is 9.53. The molecule has 0 unspecified atom stereocenters. The predicted octanol–water partition coefficient (Wildman–Crippen LogP) is 3.98. The molecular weight excluding hydrogens is 400 g/mol. The Morgan fingerprint density at radius 3 is 2.67 bits per heavy atom. The van der Waals surface area contributed by atoms with Crippen LogP contribution >= 0.6 is 11.3 Å². The fourth-order valence-corrected chi connectivity index (χ4v) is 4.17. The summed E-state index contributed by atoms with van der Waals surface area (Å²) in [4.78, 5) is 22.1. The molecule has 0 radical (unpaired) electrons. The van der Waals surface area contributed by atoms with E-state index in [1.165, 1.54) is 16.0 Å². The molecule has 0 bridgehead atoms. The highest BCUT2D eigenvalue weighted by molar-refractivity contribution is 7.20. The summed E-state index contributed by atoms with van der Waals surface area (Å²) in [5, 5.41) is 3.74. The zero-order valence-electron chi connectivity index (χ0n) is 17.0. The highest BCUT2D eigenvalue weighted by atomic mass is 32.1. The Labute approximate surface area is 177 Å². The Bertz CT molecular complexity index is 1240. The fourth-order valence-electron chi connectivity index (χ4n) is 3.25. The number of hydrogen-bond acceptors (Lipinski definition) is 6. The third kappa shape index (κ3) is 3.86. The molecule has 1 N–H and O–H groups in total. The summed E-state index contributed by atoms with van der Waals surface area (Å²) in [6.45, 7) is 4.51. The second-order valence-corrected chi connectivity index (χ2v) is 7.69. The van der Waals surface area contributed by atoms with Crippen molar-refractivity contribution in [3.8, 4) is 16.6 Å². The van der Waals surface area contributed by atoms with Crippen LogP contribution < -0.4 is 15.0 Å². The number of thiazole rings is 1. The number of aliphatic imine (C=N–C) groups is 1. The largest absolute Gasteiger partial charge is 0.493 e. The van der Waals surface area contributed by atoms with Crippen molar-refractivity contribution in [2.45, 2.75) is 13.8 Å². The second kappa shape index (κ2) is 8.54. The van der Waals surface area contributed by atoms with Crippen LogP contribution in [0.3, 0.4) is 0 Å². The quantitative estimate of drug-likeness (QED) is 0.361. The highest BCUT2D eigenvalue weighted by Gasteiger charge is 2.17. The lowest BCUT2D eigenvalue weighted by atomic mass is 10.2. The first-order chi connectivity index (χ1) is 14.6. The van der Waals surface area contributed by atoms with Crippen LogP contribution in [-0.4, -0.2) is 40.7 Å². The third-order valence-electron chi connectivity index (χ3n) is 4.67. The minimum atomic E-state index is -0.154. The van der Waals surface area contributed by atoms with Crippen LogP contribution in [0.1, 0.15) is 18.2 Å². The zero-order chi connectivity index (χ0) is 21.1. The lowest BCUT2D eigenvalue weighted by Crippen LogP contribution is -2.20. The Kier molecular flexibility index (Phi) is 5.67. The van der Waals surface area contributed by atoms with E-state index in [-0.39, 0.29) is 5.56 Å². The molecular formula is C22H22N4O3S. The molecule has 0 atom stereocenters. The summed E-state index contributed by atoms with van der Waals surface area (Å²) in [6, 6.07) is 15.3. The molecule has 0 saturated heterocycles. The molecule has 0 saturated carbocycles. The van der Waals surface area contributed by atoms with Gasteiger partial charge < -0.3 is 9.47 Å². The summed E-state index contributed by atoms with van der Waals surface area (Å²) in [5.74, 6) is 1.35. The highest BCUT2D eigenvalue weighted by Crippen LogP contribution is 2.26. The van der Waals surface area contributed by atoms with Gasteiger partial charge in [-0.25, -0.2) is 4.98 Å². The normalized spacial score (nSPS) is 11.8. The van der Waals surface area contributed by atoms with Crippen molar-refractivity contribution in [2.75, 3.05) is 20.3 Å². The topological polar surface area (TPSA) is 81.5 Å². The van der Waals surface area contributed by atoms with Crippen molar-refractivity contribution in [1.29, 1.82) is 0 Å². The number of H-pyrrole nitrogens is 1. The monoisotopic (exact) mass is 422 g/mol. The Hall–Kier alpha value is -3.39. The van der Waals surface area contributed by atoms with Gasteiger partial charge in [0.05, 0.1) is 29.4 Å². The van der Waals surface area contributed by atoms with Gasteiger partial charge in [0.1, 0.15) is 6.61 Å². The number of aromatic nitrogens is 3. The first-order valence-corrected chi connectivity index (χ1v) is 10.3. The number of rotatable bonds is 7. The van der Waals surface area contributed by atoms with Gasteiger partial charge in [-0.3, -0.25) is 14.9 Å². The molecule has 2 heterocycles. The lowest BCUT2D eigenvalue weighted by Gasteiger charge is -2.09. The summed E-state index contributed by atoms with van der Waals surface area (Å²) in [6.07, 6.45) is 0. The summed E-state index contributed by atoms with van der Waals surface area (Å²) in [5.41, 5.74) is 2.70. The molecule has 0 aliphatic carbocycles. The van der Waals surface area contributed by atoms with Crippen molar-refractivity contribution >= 4 is 27.3 Å². The van der Waals surface area contributed by atoms with Crippen LogP contribution in [0, 0.1) is 6.92 Å². The first kappa shape index (κ1) is 19.9. The lowest BCUT2D eigenvalue weighted by molar-refractivity contribution is 0.303. The van der Waals surface area contributed by atoms with Crippen molar-refractivity contribution in [1.82, 2.24) is 14.8 Å². The number of nitrogens with one attached hydrogen (secondary N) is 1. The van der Waals surface area contributed by atoms with Gasteiger partial charge in [-0.2, -0.15) is 4.68 Å². The van der Waals surface area contributed by atoms with E-state index < -0.39 is 0 Å². The van der Waals surface area contributed by atoms with Gasteiger partial charge in [0, 0.05) is 11.4 Å². The number of aromatic amines is 1. The number of ether oxygens (including phenoxy) is 2. The molecule has 8 heteroatoms. The van der Waals surface area contributed by atoms with E-state index >= 15 is 0 Å². The van der Waals surface area contributed by atoms with Crippen molar-refractivity contribution in [3.63, 3.8) is 0 Å². The number of hydrogen-bond donors (Lipinski definition) is 1. The predicted molar refractivity (Wildman–Crippen MR) is 120 cm³/mol. The maximum absolute atomic E-state index is 13.0. The van der Waals surface area contributed by atoms with E-state index in [2.05, 4.69) is 15.1 Å². The molecule has 0 fully saturated rings. The third-order valence-corrected chi connectivity index (χ3v) is 5.70. The molecule has 0 aliphatic rings. The van der Waals surface area contributed by atoms with Crippen LogP contribution in [0.2, 0.25) is 0 Å². The number of nitrogens with zero attached hydrogens (tertiary/aromatic N) is 3. The van der Waals surface area contributed by atoms with E-state index in [0.29, 0.717) is 41.1 Å². The minimum Gasteiger partial charge on any atom is -0.493 e. The van der Waals surface area contributed by atoms with Crippen LogP contribution in [0.4, 0.5) is 0 Å². The van der Waals surface area contributed by atoms with Crippen molar-refractivity contribution in [3.05, 3.63) is 70.1 Å². The molecule has 4 rings (SSSR count). The summed E-state index contributed by atoms with van der Waals surface area (Å²) >= 11 is 1.47. The Morgan fingerprint density at radius 2 is 1.90 bits per heavy atom. The van der Waals surface area contributed by atoms with Gasteiger partial charge in [0.25, 0.3) is 5.56 Å². The molecule has 0 amide bonds. The van der Waals surface area contributed by atoms with Crippen LogP contribution in [0.25, 0.3) is 15.3 Å². The molecule has 4 aromatic rings. The van der Waals surface area contributed by atoms with E-state index in [1.54, 1.807) is 7.11 Å². The number of fused-ring (bicyclic) bond motifs is 1. The van der Waals surface area contributed by atoms with Crippen LogP contribution in [-0.2, 0) is 0 Å².